The lowest BCUT2D eigenvalue weighted by Gasteiger charge is -2.10. The number of nitrogens with two attached hydrogens (primary N) is 1. The maximum Gasteiger partial charge on any atom is 0.260 e. The van der Waals surface area contributed by atoms with Crippen LogP contribution < -0.4 is 5.73 Å². The molecule has 0 radical (unpaired) electrons. The molecule has 0 unspecified atom stereocenters. The minimum absolute atomic E-state index is 0.174. The van der Waals surface area contributed by atoms with E-state index in [0.29, 0.717) is 11.5 Å². The van der Waals surface area contributed by atoms with E-state index in [1.165, 1.54) is 12.1 Å². The first-order chi connectivity index (χ1) is 7.88. The molecule has 1 heterocycles. The van der Waals surface area contributed by atoms with Crippen molar-refractivity contribution in [3.8, 4) is 11.5 Å². The van der Waals surface area contributed by atoms with Crippen molar-refractivity contribution in [1.82, 2.24) is 10.1 Å². The third kappa shape index (κ3) is 2.27. The summed E-state index contributed by atoms with van der Waals surface area (Å²) in [5.74, 6) is 0.255. The number of halogens is 1. The molecule has 0 saturated carbocycles. The summed E-state index contributed by atoms with van der Waals surface area (Å²) in [5, 5.41) is 3.84. The van der Waals surface area contributed by atoms with Crippen molar-refractivity contribution in [1.29, 1.82) is 0 Å². The third-order valence-corrected chi connectivity index (χ3v) is 2.32. The van der Waals surface area contributed by atoms with E-state index in [9.17, 15) is 4.39 Å². The van der Waals surface area contributed by atoms with Gasteiger partial charge >= 0.3 is 0 Å². The third-order valence-electron chi connectivity index (χ3n) is 2.32. The smallest absolute Gasteiger partial charge is 0.260 e. The van der Waals surface area contributed by atoms with Gasteiger partial charge in [-0.1, -0.05) is 25.9 Å². The summed E-state index contributed by atoms with van der Waals surface area (Å²) in [7, 11) is 0. The lowest BCUT2D eigenvalue weighted by atomic mass is 9.96. The van der Waals surface area contributed by atoms with Crippen molar-refractivity contribution in [2.45, 2.75) is 26.2 Å². The Kier molecular flexibility index (Phi) is 2.61. The van der Waals surface area contributed by atoms with Crippen molar-refractivity contribution < 1.29 is 8.91 Å². The van der Waals surface area contributed by atoms with E-state index in [4.69, 9.17) is 10.3 Å². The summed E-state index contributed by atoms with van der Waals surface area (Å²) < 4.78 is 18.7. The Hall–Kier alpha value is -1.91. The van der Waals surface area contributed by atoms with Crippen LogP contribution in [0.15, 0.2) is 22.7 Å². The number of anilines is 1. The predicted octanol–water partition coefficient (Wildman–Crippen LogP) is 2.76. The molecule has 1 aromatic carbocycles. The zero-order chi connectivity index (χ0) is 12.6. The van der Waals surface area contributed by atoms with Crippen molar-refractivity contribution in [2.75, 3.05) is 5.73 Å². The van der Waals surface area contributed by atoms with Gasteiger partial charge in [0.15, 0.2) is 5.82 Å². The second-order valence-corrected chi connectivity index (χ2v) is 4.91. The Morgan fingerprint density at radius 1 is 1.29 bits per heavy atom. The number of rotatable bonds is 1. The summed E-state index contributed by atoms with van der Waals surface area (Å²) in [6.07, 6.45) is 0. The first kappa shape index (κ1) is 11.6. The maximum absolute atomic E-state index is 13.6. The quantitative estimate of drug-likeness (QED) is 0.772. The highest BCUT2D eigenvalue weighted by molar-refractivity contribution is 5.58. The molecule has 90 valence electrons. The molecule has 4 nitrogen and oxygen atoms in total. The van der Waals surface area contributed by atoms with Crippen LogP contribution in [0.5, 0.6) is 0 Å². The molecule has 2 rings (SSSR count). The molecule has 2 N–H and O–H groups in total. The van der Waals surface area contributed by atoms with Gasteiger partial charge in [-0.25, -0.2) is 4.39 Å². The summed E-state index contributed by atoms with van der Waals surface area (Å²) in [6, 6.07) is 4.36. The Labute approximate surface area is 98.6 Å². The van der Waals surface area contributed by atoms with Crippen molar-refractivity contribution in [3.63, 3.8) is 0 Å². The lowest BCUT2D eigenvalue weighted by molar-refractivity contribution is 0.401. The molecular formula is C12H14FN3O. The van der Waals surface area contributed by atoms with Gasteiger partial charge in [0, 0.05) is 11.1 Å². The second-order valence-electron chi connectivity index (χ2n) is 4.91. The van der Waals surface area contributed by atoms with Crippen LogP contribution in [-0.4, -0.2) is 10.1 Å². The standard InChI is InChI=1S/C12H14FN3O/c1-12(2,3)11-15-10(17-16-11)8-5-4-7(14)6-9(8)13/h4-6H,14H2,1-3H3. The highest BCUT2D eigenvalue weighted by atomic mass is 19.1. The predicted molar refractivity (Wildman–Crippen MR) is 62.8 cm³/mol. The molecule has 0 saturated heterocycles. The van der Waals surface area contributed by atoms with Gasteiger partial charge < -0.3 is 10.3 Å². The van der Waals surface area contributed by atoms with Gasteiger partial charge in [0.05, 0.1) is 5.56 Å². The number of aromatic nitrogens is 2. The minimum Gasteiger partial charge on any atom is -0.399 e. The van der Waals surface area contributed by atoms with Gasteiger partial charge in [0.2, 0.25) is 0 Å². The number of benzene rings is 1. The Morgan fingerprint density at radius 3 is 2.53 bits per heavy atom. The van der Waals surface area contributed by atoms with E-state index >= 15 is 0 Å². The second kappa shape index (κ2) is 3.84. The molecule has 0 spiro atoms. The molecule has 0 atom stereocenters. The van der Waals surface area contributed by atoms with Crippen LogP contribution >= 0.6 is 0 Å². The van der Waals surface area contributed by atoms with Gasteiger partial charge in [-0.3, -0.25) is 0 Å². The molecule has 0 aliphatic heterocycles. The molecule has 1 aromatic heterocycles. The normalized spacial score (nSPS) is 11.8. The summed E-state index contributed by atoms with van der Waals surface area (Å²) in [6.45, 7) is 5.88. The SMILES string of the molecule is CC(C)(C)c1noc(-c2ccc(N)cc2F)n1. The van der Waals surface area contributed by atoms with E-state index in [1.807, 2.05) is 20.8 Å². The average Bonchev–Trinajstić information content (AvgIpc) is 2.65. The number of hydrogen-bond donors (Lipinski definition) is 1. The van der Waals surface area contributed by atoms with Crippen LogP contribution in [0, 0.1) is 5.82 Å². The van der Waals surface area contributed by atoms with Crippen LogP contribution in [0.1, 0.15) is 26.6 Å². The molecule has 0 fully saturated rings. The molecular weight excluding hydrogens is 221 g/mol. The molecule has 0 amide bonds. The average molecular weight is 235 g/mol. The molecule has 0 aliphatic rings. The van der Waals surface area contributed by atoms with Gasteiger partial charge in [0.25, 0.3) is 5.89 Å². The van der Waals surface area contributed by atoms with Gasteiger partial charge in [-0.15, -0.1) is 0 Å². The monoisotopic (exact) mass is 235 g/mol. The van der Waals surface area contributed by atoms with Crippen LogP contribution in [0.25, 0.3) is 11.5 Å². The molecule has 0 bridgehead atoms. The molecule has 2 aromatic rings. The fourth-order valence-electron chi connectivity index (χ4n) is 1.34. The van der Waals surface area contributed by atoms with Gasteiger partial charge in [-0.05, 0) is 18.2 Å². The minimum atomic E-state index is -0.464. The number of nitrogen functional groups attached to an aromatic ring is 1. The zero-order valence-electron chi connectivity index (χ0n) is 9.99. The first-order valence-corrected chi connectivity index (χ1v) is 5.27. The van der Waals surface area contributed by atoms with E-state index in [1.54, 1.807) is 6.07 Å². The zero-order valence-corrected chi connectivity index (χ0v) is 9.99. The number of hydrogen-bond acceptors (Lipinski definition) is 4. The van der Waals surface area contributed by atoms with Crippen LogP contribution in [0.3, 0.4) is 0 Å². The van der Waals surface area contributed by atoms with Crippen LogP contribution in [0.4, 0.5) is 10.1 Å². The Balaban J connectivity index is 2.44. The molecule has 5 heteroatoms. The van der Waals surface area contributed by atoms with E-state index in [0.717, 1.165) is 0 Å². The van der Waals surface area contributed by atoms with Crippen molar-refractivity contribution in [2.24, 2.45) is 0 Å². The summed E-state index contributed by atoms with van der Waals surface area (Å²) in [4.78, 5) is 4.18. The van der Waals surface area contributed by atoms with Gasteiger partial charge in [0.1, 0.15) is 5.82 Å². The van der Waals surface area contributed by atoms with E-state index in [2.05, 4.69) is 10.1 Å². The van der Waals surface area contributed by atoms with Gasteiger partial charge in [-0.2, -0.15) is 4.98 Å². The van der Waals surface area contributed by atoms with E-state index < -0.39 is 5.82 Å². The lowest BCUT2D eigenvalue weighted by Crippen LogP contribution is -2.13. The molecule has 0 aliphatic carbocycles. The Bertz CT molecular complexity index is 543. The summed E-state index contributed by atoms with van der Waals surface area (Å²) >= 11 is 0. The topological polar surface area (TPSA) is 64.9 Å². The number of nitrogens with zero attached hydrogens (tertiary/aromatic N) is 2. The molecule has 17 heavy (non-hydrogen) atoms. The van der Waals surface area contributed by atoms with Crippen molar-refractivity contribution in [3.05, 3.63) is 29.8 Å². The fraction of sp³-hybridized carbons (Fsp3) is 0.333. The first-order valence-electron chi connectivity index (χ1n) is 5.27. The van der Waals surface area contributed by atoms with E-state index in [-0.39, 0.29) is 16.9 Å². The highest BCUT2D eigenvalue weighted by Gasteiger charge is 2.22. The van der Waals surface area contributed by atoms with Crippen molar-refractivity contribution >= 4 is 5.69 Å². The van der Waals surface area contributed by atoms with Crippen LogP contribution in [0.2, 0.25) is 0 Å². The highest BCUT2D eigenvalue weighted by Crippen LogP contribution is 2.26. The fourth-order valence-corrected chi connectivity index (χ4v) is 1.34. The summed E-state index contributed by atoms with van der Waals surface area (Å²) in [5.41, 5.74) is 5.87. The van der Waals surface area contributed by atoms with Crippen LogP contribution in [-0.2, 0) is 5.41 Å². The largest absolute Gasteiger partial charge is 0.399 e. The maximum atomic E-state index is 13.6. The Morgan fingerprint density at radius 2 is 2.00 bits per heavy atom.